The van der Waals surface area contributed by atoms with Crippen molar-refractivity contribution in [2.45, 2.75) is 97.9 Å². The Morgan fingerprint density at radius 2 is 1.43 bits per heavy atom. The molecule has 0 spiro atoms. The zero-order valence-electron chi connectivity index (χ0n) is 33.0. The normalized spacial score (nSPS) is 34.2. The number of phenols is 1. The number of allylic oxidation sites excluding steroid dienone is 5. The summed E-state index contributed by atoms with van der Waals surface area (Å²) in [6.07, 6.45) is -2.56. The minimum atomic E-state index is -2.22. The van der Waals surface area contributed by atoms with Crippen LogP contribution in [-0.4, -0.2) is 109 Å². The maximum atomic E-state index is 14.0. The highest BCUT2D eigenvalue weighted by atomic mass is 16.7. The predicted molar refractivity (Wildman–Crippen MR) is 200 cm³/mol. The van der Waals surface area contributed by atoms with E-state index in [1.54, 1.807) is 0 Å². The largest absolute Gasteiger partial charge is 0.505 e. The van der Waals surface area contributed by atoms with Gasteiger partial charge in [-0.25, -0.2) is 0 Å². The molecular formula is C40H51NO15. The third kappa shape index (κ3) is 8.03. The van der Waals surface area contributed by atoms with E-state index < -0.39 is 89.5 Å². The molecule has 8 N–H and O–H groups in total. The first kappa shape index (κ1) is 43.9. The predicted octanol–water partition coefficient (Wildman–Crippen LogP) is 2.22. The smallest absolute Gasteiger partial charge is 0.313 e. The topological polar surface area (TPSA) is 259 Å². The zero-order valence-corrected chi connectivity index (χ0v) is 33.0. The Morgan fingerprint density at radius 3 is 1.98 bits per heavy atom. The summed E-state index contributed by atoms with van der Waals surface area (Å²) < 4.78 is 22.2. The van der Waals surface area contributed by atoms with Crippen LogP contribution in [0.5, 0.6) is 11.5 Å². The third-order valence-electron chi connectivity index (χ3n) is 10.7. The Kier molecular flexibility index (Phi) is 12.8. The molecule has 0 saturated heterocycles. The summed E-state index contributed by atoms with van der Waals surface area (Å²) in [6, 6.07) is 0. The van der Waals surface area contributed by atoms with Crippen molar-refractivity contribution in [2.75, 3.05) is 19.2 Å². The van der Waals surface area contributed by atoms with Gasteiger partial charge in [0.05, 0.1) is 48.3 Å². The van der Waals surface area contributed by atoms with E-state index in [0.717, 1.165) is 20.1 Å². The van der Waals surface area contributed by atoms with Crippen LogP contribution in [-0.2, 0) is 28.6 Å². The van der Waals surface area contributed by atoms with Crippen molar-refractivity contribution in [2.24, 2.45) is 17.8 Å². The van der Waals surface area contributed by atoms with Crippen LogP contribution in [0.3, 0.4) is 0 Å². The van der Waals surface area contributed by atoms with Crippen molar-refractivity contribution in [3.05, 3.63) is 69.2 Å². The number of hydrogen-bond donors (Lipinski definition) is 8. The van der Waals surface area contributed by atoms with E-state index in [1.165, 1.54) is 73.6 Å². The Bertz CT molecular complexity index is 1970. The molecule has 0 radical (unpaired) electrons. The highest BCUT2D eigenvalue weighted by Gasteiger charge is 2.48. The fourth-order valence-electron chi connectivity index (χ4n) is 7.31. The highest BCUT2D eigenvalue weighted by Crippen LogP contribution is 2.53. The lowest BCUT2D eigenvalue weighted by molar-refractivity contribution is -0.171. The van der Waals surface area contributed by atoms with Crippen LogP contribution in [0.4, 0.5) is 5.69 Å². The lowest BCUT2D eigenvalue weighted by Gasteiger charge is -2.40. The minimum absolute atomic E-state index is 0.00246. The monoisotopic (exact) mass is 785 g/mol. The minimum Gasteiger partial charge on any atom is -0.505 e. The van der Waals surface area contributed by atoms with Crippen molar-refractivity contribution in [3.63, 3.8) is 0 Å². The number of carbonyl (C=O) groups excluding carboxylic acids is 4. The molecule has 1 amide bonds. The number of aliphatic hydroxyl groups excluding tert-OH is 4. The second-order valence-corrected chi connectivity index (χ2v) is 15.0. The van der Waals surface area contributed by atoms with Gasteiger partial charge < -0.3 is 60.0 Å². The van der Waals surface area contributed by atoms with Crippen LogP contribution in [0.15, 0.2) is 52.5 Å². The van der Waals surface area contributed by atoms with Gasteiger partial charge in [0.25, 0.3) is 5.91 Å². The van der Waals surface area contributed by atoms with Crippen LogP contribution in [0.2, 0.25) is 0 Å². The molecule has 1 aromatic rings. The molecule has 0 saturated carbocycles. The Morgan fingerprint density at radius 1 is 0.875 bits per heavy atom. The summed E-state index contributed by atoms with van der Waals surface area (Å²) >= 11 is 0. The number of aromatic hydroxyl groups is 1. The van der Waals surface area contributed by atoms with E-state index >= 15 is 0 Å². The molecule has 3 heterocycles. The second kappa shape index (κ2) is 16.3. The van der Waals surface area contributed by atoms with Crippen LogP contribution >= 0.6 is 0 Å². The summed E-state index contributed by atoms with van der Waals surface area (Å²) in [5.41, 5.74) is -4.84. The number of anilines is 1. The molecule has 0 unspecified atom stereocenters. The molecule has 4 aliphatic rings. The number of rotatable bonds is 2. The van der Waals surface area contributed by atoms with Crippen molar-refractivity contribution >= 4 is 34.9 Å². The van der Waals surface area contributed by atoms with Crippen molar-refractivity contribution in [1.29, 1.82) is 0 Å². The Labute approximate surface area is 324 Å². The van der Waals surface area contributed by atoms with Crippen molar-refractivity contribution < 1.29 is 73.9 Å². The molecule has 1 aromatic carbocycles. The summed E-state index contributed by atoms with van der Waals surface area (Å²) in [6.45, 7) is 11.5. The maximum Gasteiger partial charge on any atom is 0.313 e. The van der Waals surface area contributed by atoms with E-state index in [9.17, 15) is 54.9 Å². The molecule has 16 nitrogen and oxygen atoms in total. The molecule has 16 heteroatoms. The number of aliphatic hydroxyl groups is 6. The quantitative estimate of drug-likeness (QED) is 0.122. The number of carbonyl (C=O) groups is 4. The number of esters is 2. The SMILES string of the molecule is COC(=O)[C@H]1[C@H](O)[C@H](C)[C@@H](O)[C@](C)(O)/C=C(/C)C2=C3C(=C(C)C(=O)c4c(O)c(c(C)c(OC(C)=O)c43)NC(=O)/C(C)=C\C=C/[C@](C)(O)[C@@H](O)[C@@H](C)[C@H]1O)OCO2. The van der Waals surface area contributed by atoms with Crippen LogP contribution in [0.1, 0.15) is 76.9 Å². The lowest BCUT2D eigenvalue weighted by atomic mass is 9.74. The Balaban J connectivity index is 2.08. The first-order chi connectivity index (χ1) is 25.9. The maximum absolute atomic E-state index is 14.0. The molecule has 9 atom stereocenters. The van der Waals surface area contributed by atoms with Gasteiger partial charge in [0.2, 0.25) is 6.79 Å². The van der Waals surface area contributed by atoms with Gasteiger partial charge in [0.1, 0.15) is 34.4 Å². The number of methoxy groups -OCH3 is 1. The molecule has 0 fully saturated rings. The molecular weight excluding hydrogens is 734 g/mol. The highest BCUT2D eigenvalue weighted by molar-refractivity contribution is 6.21. The zero-order chi connectivity index (χ0) is 42.4. The van der Waals surface area contributed by atoms with Gasteiger partial charge in [-0.1, -0.05) is 32.1 Å². The molecule has 0 aromatic heterocycles. The number of Topliss-reactive ketones (excluding diaryl/α,β-unsaturated/α-hetero) is 1. The first-order valence-corrected chi connectivity index (χ1v) is 17.9. The molecule has 3 aliphatic heterocycles. The van der Waals surface area contributed by atoms with Gasteiger partial charge in [0.15, 0.2) is 11.5 Å². The number of benzene rings is 1. The van der Waals surface area contributed by atoms with Crippen LogP contribution in [0.25, 0.3) is 5.57 Å². The number of fused-ring (bicyclic) bond motifs is 14. The standard InChI is InChI=1S/C40H51NO15/c1-16-12-11-13-39(8,51)35(47)20(5)29(44)26(38(50)53-10)30(45)21(6)36(48)40(9,52)14-17(2)32-25-23-24(28(43)19(4)33(25)55-15-54-32)31(46)27(41-37(16)49)18(3)34(23)56-22(7)42/h11-14,20-21,26,29-30,35-36,44-48,51-52H,15H2,1-10H3,(H,41,49)/b13-11-,16-12-,17-14-/t20-,21-,26+,29+,30+,35-,36+,39-,40+/m0/s1. The Hall–Kier alpha value is -4.84. The fourth-order valence-corrected chi connectivity index (χ4v) is 7.31. The number of ketones is 1. The fraction of sp³-hybridized carbons (Fsp3) is 0.500. The van der Waals surface area contributed by atoms with E-state index in [2.05, 4.69) is 5.32 Å². The number of nitrogens with one attached hydrogen (secondary N) is 1. The molecule has 306 valence electrons. The van der Waals surface area contributed by atoms with Gasteiger partial charge in [-0.05, 0) is 53.2 Å². The van der Waals surface area contributed by atoms with Crippen LogP contribution < -0.4 is 10.1 Å². The van der Waals surface area contributed by atoms with Gasteiger partial charge >= 0.3 is 11.9 Å². The van der Waals surface area contributed by atoms with Gasteiger partial charge in [-0.3, -0.25) is 19.2 Å². The van der Waals surface area contributed by atoms with Crippen molar-refractivity contribution in [3.8, 4) is 11.5 Å². The van der Waals surface area contributed by atoms with Gasteiger partial charge in [-0.2, -0.15) is 0 Å². The number of ether oxygens (including phenoxy) is 4. The van der Waals surface area contributed by atoms with Gasteiger partial charge in [-0.15, -0.1) is 0 Å². The first-order valence-electron chi connectivity index (χ1n) is 17.9. The van der Waals surface area contributed by atoms with Crippen molar-refractivity contribution in [1.82, 2.24) is 0 Å². The van der Waals surface area contributed by atoms with Crippen LogP contribution in [0, 0.1) is 24.7 Å². The third-order valence-corrected chi connectivity index (χ3v) is 10.7. The summed E-state index contributed by atoms with van der Waals surface area (Å²) in [4.78, 5) is 53.1. The van der Waals surface area contributed by atoms with E-state index in [1.807, 2.05) is 0 Å². The molecule has 1 aliphatic carbocycles. The van der Waals surface area contributed by atoms with E-state index in [4.69, 9.17) is 18.9 Å². The van der Waals surface area contributed by atoms with E-state index in [0.29, 0.717) is 0 Å². The number of phenolic OH excluding ortho intramolecular Hbond substituents is 1. The summed E-state index contributed by atoms with van der Waals surface area (Å²) in [5.74, 6) is -8.84. The molecule has 5 rings (SSSR count). The number of hydrogen-bond acceptors (Lipinski definition) is 15. The summed E-state index contributed by atoms with van der Waals surface area (Å²) in [5, 5.41) is 82.9. The van der Waals surface area contributed by atoms with E-state index in [-0.39, 0.29) is 61.9 Å². The second-order valence-electron chi connectivity index (χ2n) is 15.0. The number of amides is 1. The summed E-state index contributed by atoms with van der Waals surface area (Å²) in [7, 11) is 1.01. The van der Waals surface area contributed by atoms with Gasteiger partial charge in [0, 0.05) is 41.0 Å². The molecule has 56 heavy (non-hydrogen) atoms. The average molecular weight is 786 g/mol. The molecule has 4 bridgehead atoms. The average Bonchev–Trinajstić information content (AvgIpc) is 3.13. The lowest BCUT2D eigenvalue weighted by Crippen LogP contribution is -2.54.